The van der Waals surface area contributed by atoms with E-state index in [0.29, 0.717) is 0 Å². The summed E-state index contributed by atoms with van der Waals surface area (Å²) in [6.07, 6.45) is 4.31. The maximum atomic E-state index is 11.0. The molecule has 5 aromatic rings. The number of furan rings is 1. The SMILES string of the molecule is CC(C)C(=O)/C=C(\O)C(C)C.CCC(C)(C)c1ccc2c(-c3[c-]c(C)cc4c3oc3ccccc34)nccc2c1.[Ir]. The van der Waals surface area contributed by atoms with E-state index in [1.165, 1.54) is 17.0 Å². The summed E-state index contributed by atoms with van der Waals surface area (Å²) in [7, 11) is 0. The molecule has 0 unspecified atom stereocenters. The zero-order valence-electron chi connectivity index (χ0n) is 25.3. The van der Waals surface area contributed by atoms with E-state index in [2.05, 4.69) is 76.2 Å². The van der Waals surface area contributed by atoms with E-state index in [-0.39, 0.29) is 48.9 Å². The number of allylic oxidation sites excluding steroid dienone is 2. The van der Waals surface area contributed by atoms with Gasteiger partial charge in [0.2, 0.25) is 0 Å². The molecular formula is C36H40IrNO3-. The number of fused-ring (bicyclic) bond motifs is 4. The van der Waals surface area contributed by atoms with Gasteiger partial charge in [-0.05, 0) is 46.0 Å². The van der Waals surface area contributed by atoms with Gasteiger partial charge in [0.05, 0.1) is 11.3 Å². The fourth-order valence-electron chi connectivity index (χ4n) is 4.55. The van der Waals surface area contributed by atoms with E-state index in [0.717, 1.165) is 50.6 Å². The summed E-state index contributed by atoms with van der Waals surface area (Å²) in [5.74, 6) is 0.161. The van der Waals surface area contributed by atoms with Gasteiger partial charge in [-0.3, -0.25) is 4.79 Å². The Labute approximate surface area is 257 Å². The van der Waals surface area contributed by atoms with Crippen LogP contribution in [-0.4, -0.2) is 15.9 Å². The molecule has 0 aliphatic heterocycles. The molecule has 5 heteroatoms. The molecule has 0 spiro atoms. The van der Waals surface area contributed by atoms with Gasteiger partial charge in [-0.1, -0.05) is 103 Å². The molecule has 0 amide bonds. The van der Waals surface area contributed by atoms with Crippen molar-refractivity contribution < 1.29 is 34.4 Å². The van der Waals surface area contributed by atoms with E-state index >= 15 is 0 Å². The molecule has 1 radical (unpaired) electrons. The number of benzene rings is 3. The molecule has 0 bridgehead atoms. The van der Waals surface area contributed by atoms with Gasteiger partial charge in [0.1, 0.15) is 5.58 Å². The van der Waals surface area contributed by atoms with E-state index in [1.54, 1.807) is 0 Å². The van der Waals surface area contributed by atoms with E-state index < -0.39 is 0 Å². The zero-order chi connectivity index (χ0) is 29.2. The number of para-hydroxylation sites is 1. The summed E-state index contributed by atoms with van der Waals surface area (Å²) < 4.78 is 6.27. The number of carbonyl (C=O) groups excluding carboxylic acids is 1. The van der Waals surface area contributed by atoms with Crippen LogP contribution in [0, 0.1) is 24.8 Å². The fraction of sp³-hybridized carbons (Fsp3) is 0.333. The number of nitrogens with zero attached hydrogens (tertiary/aromatic N) is 1. The predicted octanol–water partition coefficient (Wildman–Crippen LogP) is 9.90. The minimum Gasteiger partial charge on any atom is -0.512 e. The molecular weight excluding hydrogens is 687 g/mol. The monoisotopic (exact) mass is 727 g/mol. The van der Waals surface area contributed by atoms with Crippen LogP contribution in [0.1, 0.15) is 66.0 Å². The van der Waals surface area contributed by atoms with Crippen molar-refractivity contribution in [2.45, 2.75) is 67.2 Å². The van der Waals surface area contributed by atoms with Gasteiger partial charge in [-0.2, -0.15) is 0 Å². The van der Waals surface area contributed by atoms with Crippen molar-refractivity contribution in [3.05, 3.63) is 89.8 Å². The van der Waals surface area contributed by atoms with Crippen LogP contribution >= 0.6 is 0 Å². The number of carbonyl (C=O) groups is 1. The van der Waals surface area contributed by atoms with Crippen molar-refractivity contribution in [2.24, 2.45) is 11.8 Å². The molecule has 2 heterocycles. The van der Waals surface area contributed by atoms with Gasteiger partial charge in [0.15, 0.2) is 5.78 Å². The van der Waals surface area contributed by atoms with Crippen molar-refractivity contribution in [2.75, 3.05) is 0 Å². The average Bonchev–Trinajstić information content (AvgIpc) is 3.30. The number of ketones is 1. The van der Waals surface area contributed by atoms with Gasteiger partial charge < -0.3 is 14.5 Å². The second kappa shape index (κ2) is 13.1. The predicted molar refractivity (Wildman–Crippen MR) is 167 cm³/mol. The standard InChI is InChI=1S/C27H24NO.C9H16O2.Ir/c1-5-27(3,4)19-10-11-20-18(16-19)12-13-28-25(20)23-15-17(2)14-22-21-8-6-7-9-24(21)29-26(22)23;1-6(2)8(10)5-9(11)7(3)4;/h6-14,16H,5H2,1-4H3;5-7,10H,1-4H3;/q-1;;/b;8-5-;. The molecule has 0 aliphatic rings. The van der Waals surface area contributed by atoms with Gasteiger partial charge in [0, 0.05) is 49.6 Å². The molecule has 1 N–H and O–H groups in total. The number of aliphatic hydroxyl groups is 1. The summed E-state index contributed by atoms with van der Waals surface area (Å²) in [5, 5.41) is 13.8. The number of hydrogen-bond donors (Lipinski definition) is 1. The summed E-state index contributed by atoms with van der Waals surface area (Å²) in [4.78, 5) is 15.8. The molecule has 0 saturated carbocycles. The van der Waals surface area contributed by atoms with Crippen LogP contribution in [-0.2, 0) is 30.3 Å². The fourth-order valence-corrected chi connectivity index (χ4v) is 4.55. The van der Waals surface area contributed by atoms with E-state index in [1.807, 2.05) is 46.0 Å². The Kier molecular flexibility index (Phi) is 10.3. The first kappa shape index (κ1) is 32.2. The van der Waals surface area contributed by atoms with Crippen LogP contribution in [0.25, 0.3) is 44.0 Å². The van der Waals surface area contributed by atoms with Gasteiger partial charge in [-0.15, -0.1) is 17.7 Å². The molecule has 5 rings (SSSR count). The van der Waals surface area contributed by atoms with Crippen LogP contribution < -0.4 is 0 Å². The summed E-state index contributed by atoms with van der Waals surface area (Å²) in [6, 6.07) is 22.7. The van der Waals surface area contributed by atoms with Gasteiger partial charge in [0.25, 0.3) is 0 Å². The normalized spacial score (nSPS) is 12.1. The Bertz CT molecular complexity index is 1710. The third kappa shape index (κ3) is 6.97. The maximum Gasteiger partial charge on any atom is 0.161 e. The number of rotatable bonds is 6. The zero-order valence-corrected chi connectivity index (χ0v) is 27.7. The van der Waals surface area contributed by atoms with E-state index in [9.17, 15) is 9.90 Å². The Morgan fingerprint density at radius 1 is 1.00 bits per heavy atom. The van der Waals surface area contributed by atoms with Crippen molar-refractivity contribution in [3.8, 4) is 11.3 Å². The first-order valence-corrected chi connectivity index (χ1v) is 14.1. The minimum absolute atomic E-state index is 0. The molecule has 2 aromatic heterocycles. The molecule has 217 valence electrons. The van der Waals surface area contributed by atoms with Crippen LogP contribution in [0.2, 0.25) is 0 Å². The van der Waals surface area contributed by atoms with Crippen LogP contribution in [0.15, 0.2) is 77.0 Å². The molecule has 0 fully saturated rings. The van der Waals surface area contributed by atoms with Crippen molar-refractivity contribution >= 4 is 38.5 Å². The molecule has 0 atom stereocenters. The summed E-state index contributed by atoms with van der Waals surface area (Å²) in [6.45, 7) is 16.2. The average molecular weight is 727 g/mol. The van der Waals surface area contributed by atoms with Crippen molar-refractivity contribution in [3.63, 3.8) is 0 Å². The molecule has 4 nitrogen and oxygen atoms in total. The van der Waals surface area contributed by atoms with Crippen LogP contribution in [0.3, 0.4) is 0 Å². The second-order valence-electron chi connectivity index (χ2n) is 11.8. The first-order valence-electron chi connectivity index (χ1n) is 14.1. The topological polar surface area (TPSA) is 63.3 Å². The molecule has 41 heavy (non-hydrogen) atoms. The Balaban J connectivity index is 0.000000331. The molecule has 3 aromatic carbocycles. The Hall–Kier alpha value is -3.27. The summed E-state index contributed by atoms with van der Waals surface area (Å²) >= 11 is 0. The largest absolute Gasteiger partial charge is 0.512 e. The number of aryl methyl sites for hydroxylation is 1. The summed E-state index contributed by atoms with van der Waals surface area (Å²) in [5.41, 5.74) is 6.21. The first-order chi connectivity index (χ1) is 18.9. The quantitative estimate of drug-likeness (QED) is 0.108. The third-order valence-electron chi connectivity index (χ3n) is 7.66. The second-order valence-corrected chi connectivity index (χ2v) is 11.8. The smallest absolute Gasteiger partial charge is 0.161 e. The number of aromatic nitrogens is 1. The maximum absolute atomic E-state index is 11.0. The van der Waals surface area contributed by atoms with Crippen LogP contribution in [0.4, 0.5) is 0 Å². The van der Waals surface area contributed by atoms with Gasteiger partial charge >= 0.3 is 0 Å². The third-order valence-corrected chi connectivity index (χ3v) is 7.66. The molecule has 0 saturated heterocycles. The van der Waals surface area contributed by atoms with Crippen LogP contribution in [0.5, 0.6) is 0 Å². The van der Waals surface area contributed by atoms with Crippen molar-refractivity contribution in [1.82, 2.24) is 4.98 Å². The number of hydrogen-bond acceptors (Lipinski definition) is 4. The van der Waals surface area contributed by atoms with Crippen molar-refractivity contribution in [1.29, 1.82) is 0 Å². The number of aliphatic hydroxyl groups excluding tert-OH is 1. The van der Waals surface area contributed by atoms with E-state index in [4.69, 9.17) is 9.40 Å². The Morgan fingerprint density at radius 2 is 1.71 bits per heavy atom. The Morgan fingerprint density at radius 3 is 2.37 bits per heavy atom. The molecule has 0 aliphatic carbocycles. The minimum atomic E-state index is -0.0316. The van der Waals surface area contributed by atoms with Gasteiger partial charge in [-0.25, -0.2) is 0 Å². The number of pyridine rings is 1.